The summed E-state index contributed by atoms with van der Waals surface area (Å²) >= 11 is 5.75. The maximum atomic E-state index is 11.3. The average molecular weight is 292 g/mol. The number of hydrogen-bond acceptors (Lipinski definition) is 3. The molecule has 1 amide bonds. The van der Waals surface area contributed by atoms with E-state index >= 15 is 0 Å². The van der Waals surface area contributed by atoms with E-state index in [2.05, 4.69) is 0 Å². The van der Waals surface area contributed by atoms with E-state index in [0.717, 1.165) is 0 Å². The van der Waals surface area contributed by atoms with Crippen molar-refractivity contribution in [2.75, 3.05) is 0 Å². The summed E-state index contributed by atoms with van der Waals surface area (Å²) in [4.78, 5) is 22.4. The Morgan fingerprint density at radius 1 is 1.05 bits per heavy atom. The summed E-state index contributed by atoms with van der Waals surface area (Å²) in [5, 5.41) is 9.39. The number of carboxylic acids is 1. The molecule has 2 aromatic carbocycles. The molecule has 0 aliphatic carbocycles. The van der Waals surface area contributed by atoms with Crippen molar-refractivity contribution in [1.82, 2.24) is 0 Å². The van der Waals surface area contributed by atoms with Crippen molar-refractivity contribution in [2.45, 2.75) is 0 Å². The van der Waals surface area contributed by atoms with Crippen LogP contribution in [0, 0.1) is 0 Å². The maximum absolute atomic E-state index is 11.3. The van der Waals surface area contributed by atoms with Gasteiger partial charge in [-0.25, -0.2) is 4.79 Å². The van der Waals surface area contributed by atoms with Crippen LogP contribution in [0.3, 0.4) is 0 Å². The lowest BCUT2D eigenvalue weighted by Crippen LogP contribution is -2.12. The van der Waals surface area contributed by atoms with E-state index in [9.17, 15) is 9.59 Å². The van der Waals surface area contributed by atoms with Gasteiger partial charge in [0.15, 0.2) is 0 Å². The molecule has 2 aromatic rings. The van der Waals surface area contributed by atoms with Gasteiger partial charge in [-0.1, -0.05) is 23.7 Å². The molecule has 5 nitrogen and oxygen atoms in total. The van der Waals surface area contributed by atoms with Crippen LogP contribution in [0.1, 0.15) is 20.7 Å². The third-order valence-electron chi connectivity index (χ3n) is 2.54. The molecule has 0 aliphatic rings. The molecule has 0 saturated heterocycles. The Labute approximate surface area is 119 Å². The Hall–Kier alpha value is -2.53. The van der Waals surface area contributed by atoms with Crippen LogP contribution < -0.4 is 10.5 Å². The van der Waals surface area contributed by atoms with E-state index in [0.29, 0.717) is 0 Å². The Balaban J connectivity index is 2.45. The first-order chi connectivity index (χ1) is 9.49. The van der Waals surface area contributed by atoms with E-state index < -0.39 is 11.9 Å². The molecule has 0 heterocycles. The van der Waals surface area contributed by atoms with Gasteiger partial charge in [-0.15, -0.1) is 0 Å². The summed E-state index contributed by atoms with van der Waals surface area (Å²) in [6.07, 6.45) is 0. The topological polar surface area (TPSA) is 89.6 Å². The molecule has 0 aromatic heterocycles. The normalized spacial score (nSPS) is 10.1. The molecule has 0 unspecified atom stereocenters. The van der Waals surface area contributed by atoms with Gasteiger partial charge in [0.25, 0.3) is 5.91 Å². The Bertz CT molecular complexity index is 685. The fourth-order valence-corrected chi connectivity index (χ4v) is 1.81. The predicted molar refractivity (Wildman–Crippen MR) is 73.4 cm³/mol. The molecular weight excluding hydrogens is 282 g/mol. The van der Waals surface area contributed by atoms with Gasteiger partial charge >= 0.3 is 5.97 Å². The minimum Gasteiger partial charge on any atom is -0.478 e. The first-order valence-electron chi connectivity index (χ1n) is 5.58. The highest BCUT2D eigenvalue weighted by molar-refractivity contribution is 6.31. The van der Waals surface area contributed by atoms with Crippen molar-refractivity contribution in [3.8, 4) is 11.5 Å². The number of ether oxygens (including phenoxy) is 1. The maximum Gasteiger partial charge on any atom is 0.339 e. The SMILES string of the molecule is NC(=O)c1ccccc1Oc1ccc(Cl)cc1C(=O)O. The number of benzene rings is 2. The molecule has 2 rings (SSSR count). The number of carbonyl (C=O) groups is 2. The first kappa shape index (κ1) is 13.9. The Morgan fingerprint density at radius 3 is 2.35 bits per heavy atom. The van der Waals surface area contributed by atoms with E-state index in [4.69, 9.17) is 27.2 Å². The highest BCUT2D eigenvalue weighted by atomic mass is 35.5. The molecular formula is C14H10ClNO4. The second kappa shape index (κ2) is 5.63. The van der Waals surface area contributed by atoms with Gasteiger partial charge in [-0.3, -0.25) is 4.79 Å². The number of nitrogens with two attached hydrogens (primary N) is 1. The number of rotatable bonds is 4. The fraction of sp³-hybridized carbons (Fsp3) is 0. The number of amides is 1. The quantitative estimate of drug-likeness (QED) is 0.906. The molecule has 0 aliphatic heterocycles. The minimum absolute atomic E-state index is 0.0793. The van der Waals surface area contributed by atoms with Crippen molar-refractivity contribution in [3.63, 3.8) is 0 Å². The smallest absolute Gasteiger partial charge is 0.339 e. The van der Waals surface area contributed by atoms with Crippen molar-refractivity contribution in [2.24, 2.45) is 5.73 Å². The van der Waals surface area contributed by atoms with Crippen LogP contribution in [0.2, 0.25) is 5.02 Å². The van der Waals surface area contributed by atoms with Crippen LogP contribution in [0.15, 0.2) is 42.5 Å². The van der Waals surface area contributed by atoms with E-state index in [-0.39, 0.29) is 27.6 Å². The predicted octanol–water partition coefficient (Wildman–Crippen LogP) is 2.93. The van der Waals surface area contributed by atoms with Gasteiger partial charge in [0, 0.05) is 5.02 Å². The Morgan fingerprint density at radius 2 is 1.70 bits per heavy atom. The standard InChI is InChI=1S/C14H10ClNO4/c15-8-5-6-12(10(7-8)14(18)19)20-11-4-2-1-3-9(11)13(16)17/h1-7H,(H2,16,17)(H,18,19). The molecule has 20 heavy (non-hydrogen) atoms. The van der Waals surface area contributed by atoms with Crippen LogP contribution in [0.25, 0.3) is 0 Å². The lowest BCUT2D eigenvalue weighted by molar-refractivity contribution is 0.0694. The van der Waals surface area contributed by atoms with Gasteiger partial charge in [0.2, 0.25) is 0 Å². The lowest BCUT2D eigenvalue weighted by Gasteiger charge is -2.11. The highest BCUT2D eigenvalue weighted by Crippen LogP contribution is 2.29. The number of aromatic carboxylic acids is 1. The molecule has 0 radical (unpaired) electrons. The molecule has 102 valence electrons. The second-order valence-electron chi connectivity index (χ2n) is 3.91. The molecule has 0 bridgehead atoms. The number of carbonyl (C=O) groups excluding carboxylic acids is 1. The van der Waals surface area contributed by atoms with Crippen LogP contribution in [0.4, 0.5) is 0 Å². The van der Waals surface area contributed by atoms with E-state index in [1.165, 1.54) is 30.3 Å². The number of primary amides is 1. The molecule has 6 heteroatoms. The second-order valence-corrected chi connectivity index (χ2v) is 4.34. The fourth-order valence-electron chi connectivity index (χ4n) is 1.64. The van der Waals surface area contributed by atoms with E-state index in [1.54, 1.807) is 12.1 Å². The largest absolute Gasteiger partial charge is 0.478 e. The van der Waals surface area contributed by atoms with Crippen molar-refractivity contribution < 1.29 is 19.4 Å². The molecule has 0 spiro atoms. The summed E-state index contributed by atoms with van der Waals surface area (Å²) in [7, 11) is 0. The van der Waals surface area contributed by atoms with Gasteiger partial charge in [-0.05, 0) is 30.3 Å². The first-order valence-corrected chi connectivity index (χ1v) is 5.96. The van der Waals surface area contributed by atoms with Crippen molar-refractivity contribution in [1.29, 1.82) is 0 Å². The molecule has 0 saturated carbocycles. The van der Waals surface area contributed by atoms with Crippen LogP contribution in [0.5, 0.6) is 11.5 Å². The zero-order chi connectivity index (χ0) is 14.7. The molecule has 0 atom stereocenters. The summed E-state index contributed by atoms with van der Waals surface area (Å²) in [5.74, 6) is -1.58. The monoisotopic (exact) mass is 291 g/mol. The zero-order valence-corrected chi connectivity index (χ0v) is 10.9. The summed E-state index contributed by atoms with van der Waals surface area (Å²) < 4.78 is 5.48. The summed E-state index contributed by atoms with van der Waals surface area (Å²) in [5.41, 5.74) is 5.30. The average Bonchev–Trinajstić information content (AvgIpc) is 2.41. The van der Waals surface area contributed by atoms with Crippen molar-refractivity contribution in [3.05, 3.63) is 58.6 Å². The van der Waals surface area contributed by atoms with Gasteiger partial charge in [-0.2, -0.15) is 0 Å². The summed E-state index contributed by atoms with van der Waals surface area (Å²) in [6.45, 7) is 0. The number of carboxylic acid groups (broad SMARTS) is 1. The highest BCUT2D eigenvalue weighted by Gasteiger charge is 2.15. The Kier molecular flexibility index (Phi) is 3.91. The van der Waals surface area contributed by atoms with Crippen LogP contribution in [-0.4, -0.2) is 17.0 Å². The zero-order valence-electron chi connectivity index (χ0n) is 10.2. The van der Waals surface area contributed by atoms with E-state index in [1.807, 2.05) is 0 Å². The molecule has 0 fully saturated rings. The van der Waals surface area contributed by atoms with Gasteiger partial charge in [0.1, 0.15) is 17.1 Å². The number of halogens is 1. The van der Waals surface area contributed by atoms with Crippen LogP contribution in [-0.2, 0) is 0 Å². The molecule has 3 N–H and O–H groups in total. The number of hydrogen-bond donors (Lipinski definition) is 2. The van der Waals surface area contributed by atoms with Crippen LogP contribution >= 0.6 is 11.6 Å². The minimum atomic E-state index is -1.18. The summed E-state index contributed by atoms with van der Waals surface area (Å²) in [6, 6.07) is 10.5. The van der Waals surface area contributed by atoms with Crippen molar-refractivity contribution >= 4 is 23.5 Å². The van der Waals surface area contributed by atoms with Gasteiger partial charge in [0.05, 0.1) is 5.56 Å². The lowest BCUT2D eigenvalue weighted by atomic mass is 10.1. The third-order valence-corrected chi connectivity index (χ3v) is 2.78. The third kappa shape index (κ3) is 2.89. The van der Waals surface area contributed by atoms with Gasteiger partial charge < -0.3 is 15.6 Å². The number of para-hydroxylation sites is 1.